The predicted octanol–water partition coefficient (Wildman–Crippen LogP) is 7.72. The molecule has 0 aliphatic rings. The third kappa shape index (κ3) is 4.84. The van der Waals surface area contributed by atoms with E-state index >= 15 is 0 Å². The minimum absolute atomic E-state index is 0.0354. The Balaban J connectivity index is 1.97. The Hall–Kier alpha value is -2.38. The standard InChI is InChI=1S/C29H37N/c1-22(23-15-9-6-10-16-23)28(2,3)21-26(24-17-11-7-12-18-24)29(4,5)27(30)25-19-13-8-14-20-25/h6-20,22,26-27H,21,30H2,1-5H3. The van der Waals surface area contributed by atoms with E-state index in [2.05, 4.69) is 126 Å². The lowest BCUT2D eigenvalue weighted by Crippen LogP contribution is -2.38. The molecule has 0 saturated carbocycles. The number of nitrogens with two attached hydrogens (primary N) is 1. The zero-order chi connectivity index (χ0) is 21.8. The number of rotatable bonds is 8. The van der Waals surface area contributed by atoms with Gasteiger partial charge in [0.15, 0.2) is 0 Å². The molecule has 3 rings (SSSR count). The minimum Gasteiger partial charge on any atom is -0.323 e. The molecule has 0 spiro atoms. The van der Waals surface area contributed by atoms with Crippen molar-refractivity contribution in [3.63, 3.8) is 0 Å². The van der Waals surface area contributed by atoms with Gasteiger partial charge in [0.1, 0.15) is 0 Å². The quantitative estimate of drug-likeness (QED) is 0.412. The van der Waals surface area contributed by atoms with Crippen molar-refractivity contribution < 1.29 is 0 Å². The van der Waals surface area contributed by atoms with Gasteiger partial charge in [0.25, 0.3) is 0 Å². The molecule has 3 aromatic rings. The number of hydrogen-bond donors (Lipinski definition) is 1. The van der Waals surface area contributed by atoms with Crippen LogP contribution in [0.1, 0.15) is 75.6 Å². The van der Waals surface area contributed by atoms with Crippen molar-refractivity contribution >= 4 is 0 Å². The molecule has 3 atom stereocenters. The lowest BCUT2D eigenvalue weighted by atomic mass is 9.61. The van der Waals surface area contributed by atoms with Crippen LogP contribution in [0.25, 0.3) is 0 Å². The predicted molar refractivity (Wildman–Crippen MR) is 130 cm³/mol. The molecule has 1 heteroatoms. The second-order valence-electron chi connectivity index (χ2n) is 10.00. The van der Waals surface area contributed by atoms with Gasteiger partial charge >= 0.3 is 0 Å². The van der Waals surface area contributed by atoms with E-state index in [0.717, 1.165) is 6.42 Å². The van der Waals surface area contributed by atoms with E-state index in [1.807, 2.05) is 0 Å². The highest BCUT2D eigenvalue weighted by Crippen LogP contribution is 2.52. The SMILES string of the molecule is CC(c1ccccc1)C(C)(C)CC(c1ccccc1)C(C)(C)C(N)c1ccccc1. The minimum atomic E-state index is -0.101. The molecule has 0 aliphatic carbocycles. The highest BCUT2D eigenvalue weighted by Gasteiger charge is 2.41. The zero-order valence-corrected chi connectivity index (χ0v) is 19.2. The summed E-state index contributed by atoms with van der Waals surface area (Å²) in [5.74, 6) is 0.795. The van der Waals surface area contributed by atoms with Crippen molar-refractivity contribution in [3.05, 3.63) is 108 Å². The molecule has 0 amide bonds. The van der Waals surface area contributed by atoms with E-state index in [1.54, 1.807) is 0 Å². The Bertz CT molecular complexity index is 897. The maximum absolute atomic E-state index is 6.92. The third-order valence-electron chi connectivity index (χ3n) is 7.26. The average molecular weight is 400 g/mol. The van der Waals surface area contributed by atoms with E-state index in [9.17, 15) is 0 Å². The van der Waals surface area contributed by atoms with Crippen LogP contribution in [0.2, 0.25) is 0 Å². The van der Waals surface area contributed by atoms with Crippen LogP contribution in [0.3, 0.4) is 0 Å². The van der Waals surface area contributed by atoms with Crippen LogP contribution in [-0.2, 0) is 0 Å². The van der Waals surface area contributed by atoms with Gasteiger partial charge < -0.3 is 5.73 Å². The Morgan fingerprint density at radius 2 is 1.03 bits per heavy atom. The third-order valence-corrected chi connectivity index (χ3v) is 7.26. The van der Waals surface area contributed by atoms with Crippen molar-refractivity contribution in [2.24, 2.45) is 16.6 Å². The summed E-state index contributed by atoms with van der Waals surface area (Å²) in [4.78, 5) is 0. The fourth-order valence-electron chi connectivity index (χ4n) is 4.70. The van der Waals surface area contributed by atoms with E-state index in [4.69, 9.17) is 5.73 Å². The van der Waals surface area contributed by atoms with Crippen LogP contribution in [-0.4, -0.2) is 0 Å². The highest BCUT2D eigenvalue weighted by molar-refractivity contribution is 5.28. The molecule has 0 saturated heterocycles. The molecule has 30 heavy (non-hydrogen) atoms. The lowest BCUT2D eigenvalue weighted by molar-refractivity contribution is 0.150. The van der Waals surface area contributed by atoms with Gasteiger partial charge in [-0.1, -0.05) is 126 Å². The molecule has 0 aliphatic heterocycles. The van der Waals surface area contributed by atoms with Crippen LogP contribution < -0.4 is 5.73 Å². The maximum Gasteiger partial charge on any atom is 0.0352 e. The highest BCUT2D eigenvalue weighted by atomic mass is 14.7. The van der Waals surface area contributed by atoms with Crippen molar-refractivity contribution in [1.29, 1.82) is 0 Å². The number of hydrogen-bond acceptors (Lipinski definition) is 1. The summed E-state index contributed by atoms with van der Waals surface area (Å²) in [5, 5.41) is 0. The fraction of sp³-hybridized carbons (Fsp3) is 0.379. The molecule has 0 aromatic heterocycles. The first-order valence-corrected chi connectivity index (χ1v) is 11.1. The first-order chi connectivity index (χ1) is 14.2. The molecule has 0 fully saturated rings. The van der Waals surface area contributed by atoms with Crippen LogP contribution >= 0.6 is 0 Å². The van der Waals surface area contributed by atoms with Gasteiger partial charge in [-0.3, -0.25) is 0 Å². The van der Waals surface area contributed by atoms with Crippen molar-refractivity contribution in [2.75, 3.05) is 0 Å². The molecule has 158 valence electrons. The first kappa shape index (κ1) is 22.3. The van der Waals surface area contributed by atoms with Crippen LogP contribution in [0.4, 0.5) is 0 Å². The fourth-order valence-corrected chi connectivity index (χ4v) is 4.70. The largest absolute Gasteiger partial charge is 0.323 e. The second kappa shape index (κ2) is 9.18. The van der Waals surface area contributed by atoms with Gasteiger partial charge in [0.05, 0.1) is 0 Å². The van der Waals surface area contributed by atoms with Crippen molar-refractivity contribution in [1.82, 2.24) is 0 Å². The van der Waals surface area contributed by atoms with Gasteiger partial charge in [0, 0.05) is 6.04 Å². The van der Waals surface area contributed by atoms with Crippen molar-refractivity contribution in [3.8, 4) is 0 Å². The normalized spacial score (nSPS) is 15.4. The summed E-state index contributed by atoms with van der Waals surface area (Å²) >= 11 is 0. The van der Waals surface area contributed by atoms with E-state index < -0.39 is 0 Å². The lowest BCUT2D eigenvalue weighted by Gasteiger charge is -2.45. The Morgan fingerprint density at radius 3 is 1.50 bits per heavy atom. The molecule has 0 bridgehead atoms. The van der Waals surface area contributed by atoms with E-state index in [-0.39, 0.29) is 16.9 Å². The summed E-state index contributed by atoms with van der Waals surface area (Å²) in [5.41, 5.74) is 10.9. The van der Waals surface area contributed by atoms with Crippen molar-refractivity contribution in [2.45, 2.75) is 58.9 Å². The smallest absolute Gasteiger partial charge is 0.0352 e. The monoisotopic (exact) mass is 399 g/mol. The first-order valence-electron chi connectivity index (χ1n) is 11.1. The molecular formula is C29H37N. The average Bonchev–Trinajstić information content (AvgIpc) is 2.78. The van der Waals surface area contributed by atoms with Crippen LogP contribution in [0.5, 0.6) is 0 Å². The Morgan fingerprint density at radius 1 is 0.633 bits per heavy atom. The van der Waals surface area contributed by atoms with Gasteiger partial charge in [-0.05, 0) is 45.8 Å². The zero-order valence-electron chi connectivity index (χ0n) is 19.2. The molecule has 0 radical (unpaired) electrons. The van der Waals surface area contributed by atoms with Crippen LogP contribution in [0.15, 0.2) is 91.0 Å². The Kier molecular flexibility index (Phi) is 6.83. The summed E-state index contributed by atoms with van der Waals surface area (Å²) in [6.45, 7) is 11.9. The van der Waals surface area contributed by atoms with Gasteiger partial charge in [-0.15, -0.1) is 0 Å². The van der Waals surface area contributed by atoms with E-state index in [0.29, 0.717) is 11.8 Å². The molecule has 2 N–H and O–H groups in total. The molecule has 3 unspecified atom stereocenters. The summed E-state index contributed by atoms with van der Waals surface area (Å²) in [7, 11) is 0. The Labute approximate surface area is 183 Å². The van der Waals surface area contributed by atoms with Gasteiger partial charge in [-0.25, -0.2) is 0 Å². The summed E-state index contributed by atoms with van der Waals surface area (Å²) in [6, 6.07) is 32.4. The van der Waals surface area contributed by atoms with Gasteiger partial charge in [0.2, 0.25) is 0 Å². The molecule has 1 nitrogen and oxygen atoms in total. The molecule has 3 aromatic carbocycles. The molecule has 0 heterocycles. The second-order valence-corrected chi connectivity index (χ2v) is 10.00. The van der Waals surface area contributed by atoms with Crippen LogP contribution in [0, 0.1) is 10.8 Å². The summed E-state index contributed by atoms with van der Waals surface area (Å²) in [6.07, 6.45) is 1.07. The number of benzene rings is 3. The maximum atomic E-state index is 6.92. The topological polar surface area (TPSA) is 26.0 Å². The molecular weight excluding hydrogens is 362 g/mol. The van der Waals surface area contributed by atoms with Gasteiger partial charge in [-0.2, -0.15) is 0 Å². The van der Waals surface area contributed by atoms with E-state index in [1.165, 1.54) is 16.7 Å². The summed E-state index contributed by atoms with van der Waals surface area (Å²) < 4.78 is 0.